The van der Waals surface area contributed by atoms with E-state index in [1.165, 1.54) is 0 Å². The van der Waals surface area contributed by atoms with E-state index in [4.69, 9.17) is 0 Å². The van der Waals surface area contributed by atoms with Crippen LogP contribution in [0.1, 0.15) is 0 Å². The average Bonchev–Trinajstić information content (AvgIpc) is 2.00. The number of halogens is 10. The highest BCUT2D eigenvalue weighted by Crippen LogP contribution is 2.52. The first kappa shape index (κ1) is 14.3. The van der Waals surface area contributed by atoms with Gasteiger partial charge < -0.3 is 0 Å². The largest absolute Gasteiger partial charge is 0.432 e. The van der Waals surface area contributed by atoms with Crippen molar-refractivity contribution in [2.24, 2.45) is 0 Å². The highest BCUT2D eigenvalue weighted by molar-refractivity contribution is 5.11. The van der Waals surface area contributed by atoms with E-state index in [0.29, 0.717) is 0 Å². The minimum Gasteiger partial charge on any atom is -0.222 e. The van der Waals surface area contributed by atoms with Crippen LogP contribution in [0.3, 0.4) is 0 Å². The predicted molar refractivity (Wildman–Crippen MR) is 25.8 cm³/mol. The van der Waals surface area contributed by atoms with Gasteiger partial charge in [-0.05, 0) is 0 Å². The second-order valence-electron chi connectivity index (χ2n) is 2.22. The lowest BCUT2D eigenvalue weighted by atomic mass is 10.1. The highest BCUT2D eigenvalue weighted by atomic mass is 19.4. The van der Waals surface area contributed by atoms with E-state index in [-0.39, 0.29) is 0 Å². The summed E-state index contributed by atoms with van der Waals surface area (Å²) >= 11 is 0. The van der Waals surface area contributed by atoms with Crippen LogP contribution in [0.2, 0.25) is 0 Å². The van der Waals surface area contributed by atoms with Crippen LogP contribution in [0.25, 0.3) is 0 Å². The number of hydrogen-bond donors (Lipinski definition) is 0. The molecule has 0 saturated carbocycles. The molecule has 10 heteroatoms. The van der Waals surface area contributed by atoms with Gasteiger partial charge in [0, 0.05) is 0 Å². The Hall–Kier alpha value is -0.700. The van der Waals surface area contributed by atoms with Crippen molar-refractivity contribution in [2.75, 3.05) is 0 Å². The zero-order valence-electron chi connectivity index (χ0n) is 6.28. The molecule has 0 saturated heterocycles. The lowest BCUT2D eigenvalue weighted by Gasteiger charge is -2.27. The van der Waals surface area contributed by atoms with E-state index in [1.54, 1.807) is 0 Å². The van der Waals surface area contributed by atoms with Gasteiger partial charge in [-0.3, -0.25) is 0 Å². The van der Waals surface area contributed by atoms with Crippen molar-refractivity contribution in [1.29, 1.82) is 0 Å². The second kappa shape index (κ2) is 3.71. The van der Waals surface area contributed by atoms with Crippen molar-refractivity contribution < 1.29 is 43.9 Å². The van der Waals surface area contributed by atoms with Crippen LogP contribution in [0.4, 0.5) is 43.9 Å². The first-order chi connectivity index (χ1) is 6.35. The summed E-state index contributed by atoms with van der Waals surface area (Å²) in [7, 11) is 0. The Kier molecular flexibility index (Phi) is 3.53. The number of hydrogen-bond acceptors (Lipinski definition) is 0. The van der Waals surface area contributed by atoms with E-state index >= 15 is 0 Å². The molecule has 0 aliphatic heterocycles. The Morgan fingerprint density at radius 3 is 1.13 bits per heavy atom. The highest BCUT2D eigenvalue weighted by Gasteiger charge is 2.75. The van der Waals surface area contributed by atoms with Gasteiger partial charge in [0.15, 0.2) is 0 Å². The smallest absolute Gasteiger partial charge is 0.222 e. The van der Waals surface area contributed by atoms with Crippen molar-refractivity contribution in [1.82, 2.24) is 0 Å². The third kappa shape index (κ3) is 2.46. The Balaban J connectivity index is 5.14. The SMILES string of the molecule is F[C](F)C(F)(F)C(F)(F)[C](F)C(F)(F)F. The predicted octanol–water partition coefficient (Wildman–Crippen LogP) is 3.75. The summed E-state index contributed by atoms with van der Waals surface area (Å²) in [5.41, 5.74) is 0. The zero-order chi connectivity index (χ0) is 12.7. The first-order valence-corrected chi connectivity index (χ1v) is 2.89. The van der Waals surface area contributed by atoms with Crippen molar-refractivity contribution in [3.63, 3.8) is 0 Å². The fourth-order valence-electron chi connectivity index (χ4n) is 0.435. The fourth-order valence-corrected chi connectivity index (χ4v) is 0.435. The van der Waals surface area contributed by atoms with E-state index in [1.807, 2.05) is 0 Å². The van der Waals surface area contributed by atoms with Crippen molar-refractivity contribution in [3.8, 4) is 0 Å². The normalized spacial score (nSPS) is 15.2. The summed E-state index contributed by atoms with van der Waals surface area (Å²) in [6, 6.07) is 0. The molecule has 0 nitrogen and oxygen atoms in total. The van der Waals surface area contributed by atoms with Crippen molar-refractivity contribution in [2.45, 2.75) is 18.0 Å². The standard InChI is InChI=1S/C5F10/c6-1(5(13,14)15)3(9,10)4(11,12)2(7)8. The maximum Gasteiger partial charge on any atom is 0.432 e. The second-order valence-corrected chi connectivity index (χ2v) is 2.22. The molecule has 90 valence electrons. The molecular weight excluding hydrogens is 250 g/mol. The lowest BCUT2D eigenvalue weighted by molar-refractivity contribution is -0.272. The molecule has 0 spiro atoms. The van der Waals surface area contributed by atoms with Gasteiger partial charge in [0.05, 0.1) is 0 Å². The Labute approximate surface area is 75.9 Å². The molecule has 0 aromatic carbocycles. The van der Waals surface area contributed by atoms with Gasteiger partial charge in [-0.1, -0.05) is 0 Å². The minimum absolute atomic E-state index is 4.31. The van der Waals surface area contributed by atoms with Gasteiger partial charge in [-0.15, -0.1) is 0 Å². The maximum atomic E-state index is 12.0. The van der Waals surface area contributed by atoms with Gasteiger partial charge in [0.25, 0.3) is 0 Å². The molecule has 0 aromatic rings. The first-order valence-electron chi connectivity index (χ1n) is 2.89. The van der Waals surface area contributed by atoms with Crippen LogP contribution >= 0.6 is 0 Å². The van der Waals surface area contributed by atoms with E-state index < -0.39 is 30.6 Å². The molecule has 0 heterocycles. The zero-order valence-corrected chi connectivity index (χ0v) is 6.28. The van der Waals surface area contributed by atoms with Gasteiger partial charge in [-0.2, -0.15) is 39.5 Å². The maximum absolute atomic E-state index is 12.0. The number of rotatable bonds is 3. The Morgan fingerprint density at radius 1 is 0.600 bits per heavy atom. The average molecular weight is 250 g/mol. The van der Waals surface area contributed by atoms with Crippen molar-refractivity contribution in [3.05, 3.63) is 12.6 Å². The van der Waals surface area contributed by atoms with Crippen LogP contribution in [0.15, 0.2) is 0 Å². The van der Waals surface area contributed by atoms with Crippen LogP contribution < -0.4 is 0 Å². The molecule has 0 atom stereocenters. The molecule has 0 unspecified atom stereocenters. The summed E-state index contributed by atoms with van der Waals surface area (Å²) in [5.74, 6) is -13.1. The number of alkyl halides is 7. The molecule has 0 amide bonds. The molecule has 0 N–H and O–H groups in total. The molecule has 0 rings (SSSR count). The van der Waals surface area contributed by atoms with E-state index in [0.717, 1.165) is 0 Å². The molecule has 15 heavy (non-hydrogen) atoms. The van der Waals surface area contributed by atoms with Crippen LogP contribution in [-0.4, -0.2) is 18.0 Å². The monoisotopic (exact) mass is 250 g/mol. The third-order valence-electron chi connectivity index (χ3n) is 1.16. The molecule has 0 aliphatic carbocycles. The van der Waals surface area contributed by atoms with Gasteiger partial charge in [0.2, 0.25) is 0 Å². The topological polar surface area (TPSA) is 0 Å². The van der Waals surface area contributed by atoms with Crippen LogP contribution in [0.5, 0.6) is 0 Å². The van der Waals surface area contributed by atoms with E-state index in [9.17, 15) is 43.9 Å². The molecule has 0 aromatic heterocycles. The fraction of sp³-hybridized carbons (Fsp3) is 0.600. The van der Waals surface area contributed by atoms with Gasteiger partial charge in [-0.25, -0.2) is 4.39 Å². The summed E-state index contributed by atoms with van der Waals surface area (Å²) < 4.78 is 115. The minimum atomic E-state index is -6.63. The Bertz CT molecular complexity index is 214. The summed E-state index contributed by atoms with van der Waals surface area (Å²) in [4.78, 5) is 0. The van der Waals surface area contributed by atoms with Crippen LogP contribution in [-0.2, 0) is 0 Å². The lowest BCUT2D eigenvalue weighted by Crippen LogP contribution is -2.50. The summed E-state index contributed by atoms with van der Waals surface area (Å²) in [6.45, 7) is 0. The molecule has 0 aliphatic rings. The molecule has 0 bridgehead atoms. The van der Waals surface area contributed by atoms with Gasteiger partial charge >= 0.3 is 30.6 Å². The summed E-state index contributed by atoms with van der Waals surface area (Å²) in [5, 5.41) is 0. The van der Waals surface area contributed by atoms with Crippen LogP contribution in [0, 0.1) is 12.6 Å². The molecule has 0 fully saturated rings. The Morgan fingerprint density at radius 2 is 0.933 bits per heavy atom. The van der Waals surface area contributed by atoms with Gasteiger partial charge in [0.1, 0.15) is 0 Å². The van der Waals surface area contributed by atoms with Crippen molar-refractivity contribution >= 4 is 0 Å². The third-order valence-corrected chi connectivity index (χ3v) is 1.16. The molecule has 2 radical (unpaired) electrons. The quantitative estimate of drug-likeness (QED) is 0.669. The van der Waals surface area contributed by atoms with E-state index in [2.05, 4.69) is 0 Å². The molecular formula is C5F10. The summed E-state index contributed by atoms with van der Waals surface area (Å²) in [6.07, 6.45) is -15.2.